The molecule has 2 aromatic heterocycles. The molecule has 0 saturated carbocycles. The minimum Gasteiger partial charge on any atom is -0.350 e. The largest absolute Gasteiger partial charge is 0.350 e. The number of amides is 2. The topological polar surface area (TPSA) is 58.2 Å². The Morgan fingerprint density at radius 3 is 2.50 bits per heavy atom. The summed E-state index contributed by atoms with van der Waals surface area (Å²) in [5, 5.41) is 9.11. The van der Waals surface area contributed by atoms with Crippen LogP contribution in [0.3, 0.4) is 0 Å². The Labute approximate surface area is 113 Å². The van der Waals surface area contributed by atoms with Crippen LogP contribution >= 0.6 is 22.7 Å². The Balaban J connectivity index is 1.70. The highest BCUT2D eigenvalue weighted by Gasteiger charge is 2.08. The number of carbonyl (C=O) groups is 2. The summed E-state index contributed by atoms with van der Waals surface area (Å²) >= 11 is 2.94. The highest BCUT2D eigenvalue weighted by Crippen LogP contribution is 2.08. The van der Waals surface area contributed by atoms with Gasteiger partial charge < -0.3 is 10.6 Å². The SMILES string of the molecule is O=C(CNC(=O)c1cccs1)NCc1cccs1. The van der Waals surface area contributed by atoms with Crippen molar-refractivity contribution in [3.05, 3.63) is 44.8 Å². The molecule has 2 aromatic rings. The van der Waals surface area contributed by atoms with E-state index in [9.17, 15) is 9.59 Å². The lowest BCUT2D eigenvalue weighted by molar-refractivity contribution is -0.120. The van der Waals surface area contributed by atoms with Gasteiger partial charge in [-0.2, -0.15) is 0 Å². The maximum absolute atomic E-state index is 11.6. The van der Waals surface area contributed by atoms with E-state index in [0.717, 1.165) is 4.88 Å². The molecule has 0 spiro atoms. The zero-order chi connectivity index (χ0) is 12.8. The molecule has 0 saturated heterocycles. The van der Waals surface area contributed by atoms with E-state index in [1.165, 1.54) is 11.3 Å². The zero-order valence-electron chi connectivity index (χ0n) is 9.51. The zero-order valence-corrected chi connectivity index (χ0v) is 11.1. The molecular weight excluding hydrogens is 268 g/mol. The van der Waals surface area contributed by atoms with Crippen LogP contribution < -0.4 is 10.6 Å². The van der Waals surface area contributed by atoms with Gasteiger partial charge in [-0.1, -0.05) is 12.1 Å². The molecule has 0 unspecified atom stereocenters. The van der Waals surface area contributed by atoms with Crippen LogP contribution in [0.2, 0.25) is 0 Å². The average molecular weight is 280 g/mol. The molecule has 0 aromatic carbocycles. The van der Waals surface area contributed by atoms with Crippen molar-refractivity contribution >= 4 is 34.5 Å². The molecule has 18 heavy (non-hydrogen) atoms. The predicted octanol–water partition coefficient (Wildman–Crippen LogP) is 1.86. The summed E-state index contributed by atoms with van der Waals surface area (Å²) in [5.41, 5.74) is 0. The fourth-order valence-electron chi connectivity index (χ4n) is 1.32. The molecule has 0 bridgehead atoms. The molecule has 6 heteroatoms. The summed E-state index contributed by atoms with van der Waals surface area (Å²) < 4.78 is 0. The predicted molar refractivity (Wildman–Crippen MR) is 72.8 cm³/mol. The van der Waals surface area contributed by atoms with Gasteiger partial charge in [0.15, 0.2) is 0 Å². The monoisotopic (exact) mass is 280 g/mol. The van der Waals surface area contributed by atoms with E-state index in [-0.39, 0.29) is 18.4 Å². The third-order valence-electron chi connectivity index (χ3n) is 2.19. The van der Waals surface area contributed by atoms with Crippen LogP contribution in [-0.4, -0.2) is 18.4 Å². The summed E-state index contributed by atoms with van der Waals surface area (Å²) in [7, 11) is 0. The molecule has 2 heterocycles. The standard InChI is InChI=1S/C12H12N2O2S2/c15-11(13-7-9-3-1-5-17-9)8-14-12(16)10-4-2-6-18-10/h1-6H,7-8H2,(H,13,15)(H,14,16). The van der Waals surface area contributed by atoms with E-state index in [4.69, 9.17) is 0 Å². The van der Waals surface area contributed by atoms with E-state index in [0.29, 0.717) is 11.4 Å². The quantitative estimate of drug-likeness (QED) is 0.878. The highest BCUT2D eigenvalue weighted by atomic mass is 32.1. The summed E-state index contributed by atoms with van der Waals surface area (Å²) in [6.07, 6.45) is 0. The van der Waals surface area contributed by atoms with Crippen LogP contribution in [0.4, 0.5) is 0 Å². The fraction of sp³-hybridized carbons (Fsp3) is 0.167. The normalized spacial score (nSPS) is 10.0. The van der Waals surface area contributed by atoms with Crippen molar-refractivity contribution in [3.63, 3.8) is 0 Å². The van der Waals surface area contributed by atoms with E-state index >= 15 is 0 Å². The first kappa shape index (κ1) is 12.8. The Kier molecular flexibility index (Phi) is 4.49. The number of carbonyl (C=O) groups excluding carboxylic acids is 2. The average Bonchev–Trinajstić information content (AvgIpc) is 3.05. The molecule has 0 radical (unpaired) electrons. The second kappa shape index (κ2) is 6.32. The van der Waals surface area contributed by atoms with Crippen LogP contribution in [0, 0.1) is 0 Å². The van der Waals surface area contributed by atoms with E-state index in [1.54, 1.807) is 23.5 Å². The van der Waals surface area contributed by atoms with Gasteiger partial charge >= 0.3 is 0 Å². The Bertz CT molecular complexity index is 506. The minimum atomic E-state index is -0.212. The second-order valence-electron chi connectivity index (χ2n) is 3.52. The van der Waals surface area contributed by atoms with Crippen molar-refractivity contribution in [1.29, 1.82) is 0 Å². The van der Waals surface area contributed by atoms with Crippen molar-refractivity contribution in [2.75, 3.05) is 6.54 Å². The lowest BCUT2D eigenvalue weighted by atomic mass is 10.4. The van der Waals surface area contributed by atoms with Gasteiger partial charge in [0.05, 0.1) is 18.0 Å². The fourth-order valence-corrected chi connectivity index (χ4v) is 2.60. The van der Waals surface area contributed by atoms with Crippen molar-refractivity contribution in [3.8, 4) is 0 Å². The Morgan fingerprint density at radius 2 is 1.83 bits per heavy atom. The summed E-state index contributed by atoms with van der Waals surface area (Å²) in [6, 6.07) is 7.42. The Hall–Kier alpha value is -1.66. The molecule has 0 aliphatic rings. The number of thiophene rings is 2. The maximum atomic E-state index is 11.6. The van der Waals surface area contributed by atoms with Gasteiger partial charge in [-0.15, -0.1) is 22.7 Å². The Morgan fingerprint density at radius 1 is 1.06 bits per heavy atom. The van der Waals surface area contributed by atoms with Crippen LogP contribution in [-0.2, 0) is 11.3 Å². The first-order valence-corrected chi connectivity index (χ1v) is 7.12. The molecular formula is C12H12N2O2S2. The van der Waals surface area contributed by atoms with Crippen LogP contribution in [0.5, 0.6) is 0 Å². The molecule has 0 atom stereocenters. The van der Waals surface area contributed by atoms with Gasteiger partial charge in [0.1, 0.15) is 0 Å². The van der Waals surface area contributed by atoms with Gasteiger partial charge in [-0.3, -0.25) is 9.59 Å². The molecule has 4 nitrogen and oxygen atoms in total. The van der Waals surface area contributed by atoms with Crippen LogP contribution in [0.1, 0.15) is 14.5 Å². The van der Waals surface area contributed by atoms with Gasteiger partial charge in [0, 0.05) is 4.88 Å². The van der Waals surface area contributed by atoms with Crippen molar-refractivity contribution in [1.82, 2.24) is 10.6 Å². The minimum absolute atomic E-state index is 0.00209. The molecule has 2 rings (SSSR count). The first-order chi connectivity index (χ1) is 8.75. The lowest BCUT2D eigenvalue weighted by Crippen LogP contribution is -2.36. The van der Waals surface area contributed by atoms with E-state index < -0.39 is 0 Å². The van der Waals surface area contributed by atoms with Crippen LogP contribution in [0.25, 0.3) is 0 Å². The summed E-state index contributed by atoms with van der Waals surface area (Å²) in [5.74, 6) is -0.399. The van der Waals surface area contributed by atoms with Crippen LogP contribution in [0.15, 0.2) is 35.0 Å². The third kappa shape index (κ3) is 3.68. The van der Waals surface area contributed by atoms with Gasteiger partial charge in [-0.05, 0) is 22.9 Å². The molecule has 0 aliphatic carbocycles. The number of rotatable bonds is 5. The molecule has 0 fully saturated rings. The third-order valence-corrected chi connectivity index (χ3v) is 3.94. The molecule has 2 amide bonds. The van der Waals surface area contributed by atoms with E-state index in [2.05, 4.69) is 10.6 Å². The molecule has 2 N–H and O–H groups in total. The van der Waals surface area contributed by atoms with Gasteiger partial charge in [0.2, 0.25) is 5.91 Å². The van der Waals surface area contributed by atoms with Crippen molar-refractivity contribution in [2.45, 2.75) is 6.54 Å². The summed E-state index contributed by atoms with van der Waals surface area (Å²) in [4.78, 5) is 24.8. The summed E-state index contributed by atoms with van der Waals surface area (Å²) in [6.45, 7) is 0.507. The second-order valence-corrected chi connectivity index (χ2v) is 5.50. The smallest absolute Gasteiger partial charge is 0.261 e. The lowest BCUT2D eigenvalue weighted by Gasteiger charge is -2.04. The molecule has 94 valence electrons. The number of hydrogen-bond acceptors (Lipinski definition) is 4. The van der Waals surface area contributed by atoms with E-state index in [1.807, 2.05) is 22.9 Å². The van der Waals surface area contributed by atoms with Gasteiger partial charge in [-0.25, -0.2) is 0 Å². The van der Waals surface area contributed by atoms with Crippen molar-refractivity contribution in [2.24, 2.45) is 0 Å². The highest BCUT2D eigenvalue weighted by molar-refractivity contribution is 7.12. The molecule has 0 aliphatic heterocycles. The maximum Gasteiger partial charge on any atom is 0.261 e. The van der Waals surface area contributed by atoms with Crippen molar-refractivity contribution < 1.29 is 9.59 Å². The van der Waals surface area contributed by atoms with Gasteiger partial charge in [0.25, 0.3) is 5.91 Å². The number of hydrogen-bond donors (Lipinski definition) is 2. The first-order valence-electron chi connectivity index (χ1n) is 5.36. The number of nitrogens with one attached hydrogen (secondary N) is 2.